The van der Waals surface area contributed by atoms with Gasteiger partial charge in [0.2, 0.25) is 0 Å². The third kappa shape index (κ3) is 1.96. The van der Waals surface area contributed by atoms with E-state index in [1.54, 1.807) is 0 Å². The third-order valence-electron chi connectivity index (χ3n) is 2.27. The molecule has 74 valence electrons. The molecule has 0 N–H and O–H groups in total. The number of hydrogen-bond acceptors (Lipinski definition) is 2. The molecule has 0 radical (unpaired) electrons. The number of thiophene rings is 1. The van der Waals surface area contributed by atoms with E-state index < -0.39 is 0 Å². The minimum atomic E-state index is 1.15. The summed E-state index contributed by atoms with van der Waals surface area (Å²) in [6, 6.07) is 6.74. The molecule has 0 fully saturated rings. The van der Waals surface area contributed by atoms with Crippen LogP contribution in [0.5, 0.6) is 0 Å². The molecular formula is C12H14S2. The van der Waals surface area contributed by atoms with Gasteiger partial charge in [0.15, 0.2) is 0 Å². The van der Waals surface area contributed by atoms with Gasteiger partial charge in [0.05, 0.1) is 0 Å². The lowest BCUT2D eigenvalue weighted by Gasteiger charge is -1.98. The topological polar surface area (TPSA) is 0 Å². The molecule has 14 heavy (non-hydrogen) atoms. The van der Waals surface area contributed by atoms with Crippen LogP contribution in [0.4, 0.5) is 0 Å². The van der Waals surface area contributed by atoms with E-state index in [0.717, 1.165) is 5.75 Å². The van der Waals surface area contributed by atoms with E-state index in [-0.39, 0.29) is 0 Å². The number of thioether (sulfide) groups is 1. The molecule has 0 aliphatic rings. The van der Waals surface area contributed by atoms with Gasteiger partial charge in [-0.3, -0.25) is 0 Å². The molecule has 1 aromatic carbocycles. The Kier molecular flexibility index (Phi) is 3.14. The molecule has 0 spiro atoms. The predicted octanol–water partition coefficient (Wildman–Crippen LogP) is 4.46. The summed E-state index contributed by atoms with van der Waals surface area (Å²) in [4.78, 5) is 0. The molecular weight excluding hydrogens is 208 g/mol. The van der Waals surface area contributed by atoms with Gasteiger partial charge in [0.1, 0.15) is 0 Å². The summed E-state index contributed by atoms with van der Waals surface area (Å²) in [7, 11) is 0. The van der Waals surface area contributed by atoms with E-state index in [9.17, 15) is 0 Å². The fourth-order valence-electron chi connectivity index (χ4n) is 1.51. The minimum Gasteiger partial charge on any atom is -0.157 e. The first-order chi connectivity index (χ1) is 6.81. The second-order valence-electron chi connectivity index (χ2n) is 3.40. The Balaban J connectivity index is 2.37. The second-order valence-corrected chi connectivity index (χ2v) is 5.58. The van der Waals surface area contributed by atoms with Crippen LogP contribution in [-0.4, -0.2) is 5.75 Å². The molecule has 1 heterocycles. The van der Waals surface area contributed by atoms with E-state index in [4.69, 9.17) is 0 Å². The quantitative estimate of drug-likeness (QED) is 0.738. The summed E-state index contributed by atoms with van der Waals surface area (Å²) in [5.41, 5.74) is 2.85. The van der Waals surface area contributed by atoms with Crippen molar-refractivity contribution in [1.29, 1.82) is 0 Å². The molecule has 2 heteroatoms. The Morgan fingerprint density at radius 2 is 2.21 bits per heavy atom. The van der Waals surface area contributed by atoms with E-state index in [2.05, 4.69) is 37.4 Å². The van der Waals surface area contributed by atoms with Crippen molar-refractivity contribution in [3.05, 3.63) is 34.7 Å². The van der Waals surface area contributed by atoms with Crippen LogP contribution < -0.4 is 0 Å². The lowest BCUT2D eigenvalue weighted by atomic mass is 10.1. The number of rotatable bonds is 3. The third-order valence-corrected chi connectivity index (χ3v) is 4.19. The summed E-state index contributed by atoms with van der Waals surface area (Å²) in [6.45, 7) is 4.36. The van der Waals surface area contributed by atoms with Crippen molar-refractivity contribution in [2.45, 2.75) is 19.6 Å². The lowest BCUT2D eigenvalue weighted by Crippen LogP contribution is -1.78. The van der Waals surface area contributed by atoms with Crippen molar-refractivity contribution in [1.82, 2.24) is 0 Å². The normalized spacial score (nSPS) is 11.0. The van der Waals surface area contributed by atoms with Crippen molar-refractivity contribution in [2.24, 2.45) is 0 Å². The number of benzene rings is 1. The van der Waals surface area contributed by atoms with E-state index in [1.165, 1.54) is 27.0 Å². The van der Waals surface area contributed by atoms with Gasteiger partial charge in [-0.25, -0.2) is 0 Å². The number of fused-ring (bicyclic) bond motifs is 1. The first-order valence-corrected chi connectivity index (χ1v) is 6.89. The smallest absolute Gasteiger partial charge is 0.0348 e. The summed E-state index contributed by atoms with van der Waals surface area (Å²) in [6.07, 6.45) is 0. The molecule has 0 atom stereocenters. The van der Waals surface area contributed by atoms with Gasteiger partial charge in [-0.2, -0.15) is 11.8 Å². The fraction of sp³-hybridized carbons (Fsp3) is 0.333. The van der Waals surface area contributed by atoms with E-state index in [0.29, 0.717) is 0 Å². The Morgan fingerprint density at radius 1 is 1.36 bits per heavy atom. The molecule has 0 saturated heterocycles. The zero-order valence-electron chi connectivity index (χ0n) is 8.54. The van der Waals surface area contributed by atoms with Gasteiger partial charge in [-0.15, -0.1) is 11.3 Å². The molecule has 0 aliphatic heterocycles. The Hall–Kier alpha value is -0.470. The highest BCUT2D eigenvalue weighted by molar-refractivity contribution is 7.98. The molecule has 0 amide bonds. The van der Waals surface area contributed by atoms with E-state index >= 15 is 0 Å². The van der Waals surface area contributed by atoms with E-state index in [1.807, 2.05) is 23.1 Å². The van der Waals surface area contributed by atoms with Crippen LogP contribution in [-0.2, 0) is 5.75 Å². The molecule has 0 aliphatic carbocycles. The first-order valence-electron chi connectivity index (χ1n) is 4.85. The Morgan fingerprint density at radius 3 is 3.00 bits per heavy atom. The maximum absolute atomic E-state index is 2.30. The van der Waals surface area contributed by atoms with Crippen LogP contribution >= 0.6 is 23.1 Å². The molecule has 0 bridgehead atoms. The van der Waals surface area contributed by atoms with Crippen LogP contribution in [0.2, 0.25) is 0 Å². The highest BCUT2D eigenvalue weighted by Gasteiger charge is 2.03. The molecule has 2 aromatic rings. The lowest BCUT2D eigenvalue weighted by molar-refractivity contribution is 1.45. The van der Waals surface area contributed by atoms with Crippen LogP contribution in [0.3, 0.4) is 0 Å². The van der Waals surface area contributed by atoms with Crippen molar-refractivity contribution in [3.63, 3.8) is 0 Å². The predicted molar refractivity (Wildman–Crippen MR) is 68.4 cm³/mol. The fourth-order valence-corrected chi connectivity index (χ4v) is 3.34. The summed E-state index contributed by atoms with van der Waals surface area (Å²) in [5, 5.41) is 3.74. The van der Waals surface area contributed by atoms with Gasteiger partial charge in [0.25, 0.3) is 0 Å². The average molecular weight is 222 g/mol. The largest absolute Gasteiger partial charge is 0.157 e. The maximum Gasteiger partial charge on any atom is 0.0348 e. The highest BCUT2D eigenvalue weighted by atomic mass is 32.2. The van der Waals surface area contributed by atoms with Crippen LogP contribution in [0.25, 0.3) is 10.1 Å². The average Bonchev–Trinajstić information content (AvgIpc) is 2.57. The zero-order chi connectivity index (χ0) is 9.97. The van der Waals surface area contributed by atoms with Crippen LogP contribution in [0, 0.1) is 6.92 Å². The summed E-state index contributed by atoms with van der Waals surface area (Å²) in [5.74, 6) is 2.35. The molecule has 2 rings (SSSR count). The van der Waals surface area contributed by atoms with Crippen molar-refractivity contribution < 1.29 is 0 Å². The standard InChI is InChI=1S/C12H14S2/c1-3-13-7-10-8-14-12-6-9(2)4-5-11(10)12/h4-6,8H,3,7H2,1-2H3. The van der Waals surface area contributed by atoms with Gasteiger partial charge < -0.3 is 0 Å². The van der Waals surface area contributed by atoms with Crippen molar-refractivity contribution >= 4 is 33.2 Å². The summed E-state index contributed by atoms with van der Waals surface area (Å²) < 4.78 is 1.43. The van der Waals surface area contributed by atoms with Gasteiger partial charge >= 0.3 is 0 Å². The Bertz CT molecular complexity index is 429. The molecule has 0 nitrogen and oxygen atoms in total. The maximum atomic E-state index is 2.30. The van der Waals surface area contributed by atoms with Crippen molar-refractivity contribution in [2.75, 3.05) is 5.75 Å². The van der Waals surface area contributed by atoms with Crippen LogP contribution in [0.15, 0.2) is 23.6 Å². The van der Waals surface area contributed by atoms with Gasteiger partial charge in [0, 0.05) is 10.5 Å². The first kappa shape index (κ1) is 10.1. The SMILES string of the molecule is CCSCc1csc2cc(C)ccc12. The van der Waals surface area contributed by atoms with Crippen LogP contribution in [0.1, 0.15) is 18.1 Å². The highest BCUT2D eigenvalue weighted by Crippen LogP contribution is 2.29. The second kappa shape index (κ2) is 4.37. The Labute approximate surface area is 93.3 Å². The van der Waals surface area contributed by atoms with Gasteiger partial charge in [-0.05, 0) is 40.6 Å². The van der Waals surface area contributed by atoms with Crippen molar-refractivity contribution in [3.8, 4) is 0 Å². The molecule has 1 aromatic heterocycles. The van der Waals surface area contributed by atoms with Gasteiger partial charge in [-0.1, -0.05) is 19.1 Å². The molecule has 0 saturated carbocycles. The number of aryl methyl sites for hydroxylation is 1. The molecule has 0 unspecified atom stereocenters. The number of hydrogen-bond donors (Lipinski definition) is 0. The summed E-state index contributed by atoms with van der Waals surface area (Å²) >= 11 is 3.86. The minimum absolute atomic E-state index is 1.15. The monoisotopic (exact) mass is 222 g/mol. The zero-order valence-corrected chi connectivity index (χ0v) is 10.2.